The largest absolute Gasteiger partial charge is 0.342 e. The van der Waals surface area contributed by atoms with Crippen molar-refractivity contribution in [2.45, 2.75) is 13.3 Å². The van der Waals surface area contributed by atoms with Crippen molar-refractivity contribution in [1.29, 1.82) is 0 Å². The van der Waals surface area contributed by atoms with E-state index < -0.39 is 29.8 Å². The number of carbonyl (C=O) groups excluding carboxylic acids is 4. The Hall–Kier alpha value is -2.30. The molecule has 0 aliphatic rings. The number of rotatable bonds is 6. The van der Waals surface area contributed by atoms with Crippen molar-refractivity contribution >= 4 is 23.3 Å². The van der Waals surface area contributed by atoms with Crippen molar-refractivity contribution in [2.75, 3.05) is 6.54 Å². The van der Waals surface area contributed by atoms with Crippen LogP contribution in [0.4, 0.5) is 0 Å². The van der Waals surface area contributed by atoms with E-state index in [2.05, 4.69) is 5.32 Å². The molecule has 1 aromatic rings. The topological polar surface area (TPSA) is 80.3 Å². The van der Waals surface area contributed by atoms with Gasteiger partial charge in [0.25, 0.3) is 5.91 Å². The van der Waals surface area contributed by atoms with Crippen LogP contribution in [0.25, 0.3) is 0 Å². The van der Waals surface area contributed by atoms with Gasteiger partial charge >= 0.3 is 0 Å². The minimum Gasteiger partial charge on any atom is -0.342 e. The summed E-state index contributed by atoms with van der Waals surface area (Å²) in [6.45, 7) is 1.08. The molecule has 18 heavy (non-hydrogen) atoms. The summed E-state index contributed by atoms with van der Waals surface area (Å²) in [5.74, 6) is -2.89. The van der Waals surface area contributed by atoms with Gasteiger partial charge in [0, 0.05) is 12.0 Å². The van der Waals surface area contributed by atoms with Crippen molar-refractivity contribution < 1.29 is 19.2 Å². The lowest BCUT2D eigenvalue weighted by Crippen LogP contribution is -2.37. The van der Waals surface area contributed by atoms with E-state index in [0.29, 0.717) is 0 Å². The summed E-state index contributed by atoms with van der Waals surface area (Å²) in [7, 11) is 0. The second-order valence-electron chi connectivity index (χ2n) is 3.58. The number of benzene rings is 1. The minimum atomic E-state index is -0.841. The van der Waals surface area contributed by atoms with Crippen LogP contribution >= 0.6 is 0 Å². The lowest BCUT2D eigenvalue weighted by atomic mass is 10.1. The highest BCUT2D eigenvalue weighted by Gasteiger charge is 2.18. The van der Waals surface area contributed by atoms with Gasteiger partial charge < -0.3 is 5.32 Å². The Morgan fingerprint density at radius 1 is 1.00 bits per heavy atom. The molecule has 0 saturated carbocycles. The highest BCUT2D eigenvalue weighted by Crippen LogP contribution is 2.00. The molecule has 0 aromatic heterocycles. The number of carbonyl (C=O) groups is 4. The number of nitrogens with one attached hydrogen (secondary N) is 1. The van der Waals surface area contributed by atoms with Gasteiger partial charge in [0.05, 0.1) is 6.54 Å². The highest BCUT2D eigenvalue weighted by molar-refractivity contribution is 6.45. The van der Waals surface area contributed by atoms with E-state index in [1.165, 1.54) is 12.1 Å². The van der Waals surface area contributed by atoms with Crippen molar-refractivity contribution in [2.24, 2.45) is 0 Å². The van der Waals surface area contributed by atoms with Crippen LogP contribution in [0.1, 0.15) is 23.7 Å². The Balaban J connectivity index is 2.54. The van der Waals surface area contributed by atoms with Crippen LogP contribution < -0.4 is 5.32 Å². The van der Waals surface area contributed by atoms with Gasteiger partial charge in [-0.2, -0.15) is 0 Å². The molecule has 0 aliphatic heterocycles. The molecule has 1 amide bonds. The SMILES string of the molecule is CCC(=O)C(=O)NCC(=O)C(=O)c1ccccc1. The first-order chi connectivity index (χ1) is 8.56. The van der Waals surface area contributed by atoms with E-state index in [4.69, 9.17) is 0 Å². The van der Waals surface area contributed by atoms with Crippen molar-refractivity contribution in [3.63, 3.8) is 0 Å². The first-order valence-corrected chi connectivity index (χ1v) is 5.49. The van der Waals surface area contributed by atoms with Crippen molar-refractivity contribution in [3.8, 4) is 0 Å². The molecule has 94 valence electrons. The quantitative estimate of drug-likeness (QED) is 0.587. The Bertz CT molecular complexity index is 479. The smallest absolute Gasteiger partial charge is 0.287 e. The van der Waals surface area contributed by atoms with E-state index in [0.717, 1.165) is 0 Å². The normalized spacial score (nSPS) is 9.61. The van der Waals surface area contributed by atoms with E-state index in [9.17, 15) is 19.2 Å². The summed E-state index contributed by atoms with van der Waals surface area (Å²) < 4.78 is 0. The van der Waals surface area contributed by atoms with E-state index in [1.807, 2.05) is 0 Å². The monoisotopic (exact) mass is 247 g/mol. The van der Waals surface area contributed by atoms with Crippen LogP contribution in [0.3, 0.4) is 0 Å². The maximum Gasteiger partial charge on any atom is 0.287 e. The van der Waals surface area contributed by atoms with Crippen LogP contribution in [0.15, 0.2) is 30.3 Å². The summed E-state index contributed by atoms with van der Waals surface area (Å²) in [6, 6.07) is 8.03. The molecule has 1 aromatic carbocycles. The fraction of sp³-hybridized carbons (Fsp3) is 0.231. The molecule has 1 N–H and O–H groups in total. The fourth-order valence-corrected chi connectivity index (χ4v) is 1.25. The molecular formula is C13H13NO4. The van der Waals surface area contributed by atoms with Gasteiger partial charge in [-0.15, -0.1) is 0 Å². The third-order valence-corrected chi connectivity index (χ3v) is 2.27. The molecule has 0 bridgehead atoms. The molecule has 0 atom stereocenters. The Kier molecular flexibility index (Phi) is 4.92. The molecule has 0 aliphatic carbocycles. The van der Waals surface area contributed by atoms with Crippen LogP contribution in [0.5, 0.6) is 0 Å². The maximum atomic E-state index is 11.6. The summed E-state index contributed by atoms with van der Waals surface area (Å²) in [5.41, 5.74) is 0.263. The minimum absolute atomic E-state index is 0.0622. The third-order valence-electron chi connectivity index (χ3n) is 2.27. The molecule has 1 rings (SSSR count). The second-order valence-corrected chi connectivity index (χ2v) is 3.58. The molecule has 0 fully saturated rings. The zero-order valence-electron chi connectivity index (χ0n) is 9.93. The summed E-state index contributed by atoms with van der Waals surface area (Å²) >= 11 is 0. The number of hydrogen-bond acceptors (Lipinski definition) is 4. The predicted octanol–water partition coefficient (Wildman–Crippen LogP) is 0.534. The van der Waals surface area contributed by atoms with Gasteiger partial charge in [0.15, 0.2) is 0 Å². The molecule has 0 heterocycles. The van der Waals surface area contributed by atoms with Gasteiger partial charge in [0.2, 0.25) is 17.3 Å². The Labute approximate surface area is 104 Å². The van der Waals surface area contributed by atoms with Gasteiger partial charge in [-0.25, -0.2) is 0 Å². The number of ketones is 3. The van der Waals surface area contributed by atoms with Crippen molar-refractivity contribution in [3.05, 3.63) is 35.9 Å². The van der Waals surface area contributed by atoms with Gasteiger partial charge in [-0.3, -0.25) is 19.2 Å². The van der Waals surface area contributed by atoms with Crippen molar-refractivity contribution in [1.82, 2.24) is 5.32 Å². The van der Waals surface area contributed by atoms with Gasteiger partial charge in [-0.05, 0) is 0 Å². The predicted molar refractivity (Wildman–Crippen MR) is 64.1 cm³/mol. The second kappa shape index (κ2) is 6.44. The number of hydrogen-bond donors (Lipinski definition) is 1. The highest BCUT2D eigenvalue weighted by atomic mass is 16.2. The summed E-state index contributed by atoms with van der Waals surface area (Å²) in [6.07, 6.45) is 0.0622. The average molecular weight is 247 g/mol. The van der Waals surface area contributed by atoms with E-state index in [1.54, 1.807) is 25.1 Å². The standard InChI is InChI=1S/C13H13NO4/c1-2-10(15)13(18)14-8-11(16)12(17)9-6-4-3-5-7-9/h3-7H,2,8H2,1H3,(H,14,18). The van der Waals surface area contributed by atoms with E-state index in [-0.39, 0.29) is 12.0 Å². The molecular weight excluding hydrogens is 234 g/mol. The Morgan fingerprint density at radius 3 is 2.17 bits per heavy atom. The lowest BCUT2D eigenvalue weighted by Gasteiger charge is -2.02. The van der Waals surface area contributed by atoms with Crippen LogP contribution in [0.2, 0.25) is 0 Å². The molecule has 0 radical (unpaired) electrons. The molecule has 0 saturated heterocycles. The van der Waals surface area contributed by atoms with Crippen LogP contribution in [-0.4, -0.2) is 29.8 Å². The summed E-state index contributed by atoms with van der Waals surface area (Å²) in [4.78, 5) is 45.2. The zero-order chi connectivity index (χ0) is 13.5. The first kappa shape index (κ1) is 13.8. The first-order valence-electron chi connectivity index (χ1n) is 5.49. The lowest BCUT2D eigenvalue weighted by molar-refractivity contribution is -0.138. The maximum absolute atomic E-state index is 11.6. The van der Waals surface area contributed by atoms with E-state index >= 15 is 0 Å². The van der Waals surface area contributed by atoms with Gasteiger partial charge in [-0.1, -0.05) is 37.3 Å². The fourth-order valence-electron chi connectivity index (χ4n) is 1.25. The number of Topliss-reactive ketones (excluding diaryl/α,β-unsaturated/α-hetero) is 3. The molecule has 0 unspecified atom stereocenters. The molecule has 5 nitrogen and oxygen atoms in total. The summed E-state index contributed by atoms with van der Waals surface area (Å²) in [5, 5.41) is 2.12. The third kappa shape index (κ3) is 3.62. The molecule has 5 heteroatoms. The number of amides is 1. The average Bonchev–Trinajstić information content (AvgIpc) is 2.43. The molecule has 0 spiro atoms. The van der Waals surface area contributed by atoms with Gasteiger partial charge in [0.1, 0.15) is 0 Å². The Morgan fingerprint density at radius 2 is 1.61 bits per heavy atom. The van der Waals surface area contributed by atoms with Crippen LogP contribution in [-0.2, 0) is 14.4 Å². The zero-order valence-corrected chi connectivity index (χ0v) is 9.93. The van der Waals surface area contributed by atoms with Crippen LogP contribution in [0, 0.1) is 0 Å².